The highest BCUT2D eigenvalue weighted by Gasteiger charge is 2.35. The molecule has 1 saturated heterocycles. The van der Waals surface area contributed by atoms with Gasteiger partial charge in [-0.15, -0.1) is 11.8 Å². The summed E-state index contributed by atoms with van der Waals surface area (Å²) >= 11 is 4.68. The molecule has 1 aliphatic rings. The molecule has 6 nitrogen and oxygen atoms in total. The van der Waals surface area contributed by atoms with Gasteiger partial charge in [0.1, 0.15) is 0 Å². The average Bonchev–Trinajstić information content (AvgIpc) is 2.96. The number of halogens is 1. The number of carbonyl (C=O) groups is 2. The van der Waals surface area contributed by atoms with Crippen LogP contribution in [0.15, 0.2) is 33.6 Å². The Kier molecular flexibility index (Phi) is 8.18. The molecule has 1 atom stereocenters. The van der Waals surface area contributed by atoms with E-state index in [2.05, 4.69) is 15.9 Å². The monoisotopic (exact) mass is 477 g/mol. The molecular formula is C18H24BrNO5S2. The van der Waals surface area contributed by atoms with Gasteiger partial charge in [0, 0.05) is 22.0 Å². The van der Waals surface area contributed by atoms with Crippen LogP contribution in [0, 0.1) is 5.92 Å². The van der Waals surface area contributed by atoms with Crippen LogP contribution in [-0.4, -0.2) is 61.6 Å². The predicted molar refractivity (Wildman–Crippen MR) is 109 cm³/mol. The summed E-state index contributed by atoms with van der Waals surface area (Å²) in [7, 11) is -3.09. The first-order chi connectivity index (χ1) is 12.7. The second-order valence-corrected chi connectivity index (χ2v) is 11.1. The van der Waals surface area contributed by atoms with Crippen molar-refractivity contribution in [3.05, 3.63) is 28.7 Å². The molecule has 1 aromatic carbocycles. The topological polar surface area (TPSA) is 80.8 Å². The minimum Gasteiger partial charge on any atom is -0.455 e. The van der Waals surface area contributed by atoms with Crippen LogP contribution in [0.25, 0.3) is 0 Å². The first kappa shape index (κ1) is 22.2. The maximum atomic E-state index is 12.5. The van der Waals surface area contributed by atoms with E-state index < -0.39 is 15.8 Å². The molecule has 150 valence electrons. The van der Waals surface area contributed by atoms with Crippen molar-refractivity contribution in [1.82, 2.24) is 4.90 Å². The Hall–Kier alpha value is -1.06. The van der Waals surface area contributed by atoms with Crippen LogP contribution < -0.4 is 0 Å². The lowest BCUT2D eigenvalue weighted by Gasteiger charge is -2.29. The number of amides is 1. The fraction of sp³-hybridized carbons (Fsp3) is 0.556. The van der Waals surface area contributed by atoms with Gasteiger partial charge >= 0.3 is 5.97 Å². The van der Waals surface area contributed by atoms with Crippen LogP contribution in [0.3, 0.4) is 0 Å². The van der Waals surface area contributed by atoms with Crippen LogP contribution in [0.5, 0.6) is 0 Å². The Morgan fingerprint density at radius 3 is 2.52 bits per heavy atom. The van der Waals surface area contributed by atoms with Crippen molar-refractivity contribution >= 4 is 49.4 Å². The fourth-order valence-electron chi connectivity index (χ4n) is 2.81. The van der Waals surface area contributed by atoms with Gasteiger partial charge in [0.25, 0.3) is 5.91 Å². The molecule has 9 heteroatoms. The molecule has 1 amide bonds. The number of ether oxygens (including phenoxy) is 1. The van der Waals surface area contributed by atoms with Crippen molar-refractivity contribution in [3.63, 3.8) is 0 Å². The average molecular weight is 478 g/mol. The number of hydrogen-bond donors (Lipinski definition) is 0. The van der Waals surface area contributed by atoms with Crippen molar-refractivity contribution in [3.8, 4) is 0 Å². The van der Waals surface area contributed by atoms with Gasteiger partial charge in [-0.25, -0.2) is 8.42 Å². The molecule has 0 unspecified atom stereocenters. The van der Waals surface area contributed by atoms with Crippen LogP contribution in [0.1, 0.15) is 20.3 Å². The molecule has 2 rings (SSSR count). The molecule has 1 fully saturated rings. The predicted octanol–water partition coefficient (Wildman–Crippen LogP) is 2.76. The fourth-order valence-corrected chi connectivity index (χ4v) is 5.50. The maximum absolute atomic E-state index is 12.5. The Labute approximate surface area is 173 Å². The molecule has 27 heavy (non-hydrogen) atoms. The smallest absolute Gasteiger partial charge is 0.316 e. The minimum atomic E-state index is -3.09. The van der Waals surface area contributed by atoms with E-state index >= 15 is 0 Å². The summed E-state index contributed by atoms with van der Waals surface area (Å²) in [5.74, 6) is -0.424. The summed E-state index contributed by atoms with van der Waals surface area (Å²) in [5.41, 5.74) is 0. The van der Waals surface area contributed by atoms with E-state index in [4.69, 9.17) is 4.74 Å². The highest BCUT2D eigenvalue weighted by molar-refractivity contribution is 9.10. The molecule has 1 aromatic rings. The summed E-state index contributed by atoms with van der Waals surface area (Å²) in [6.45, 7) is 4.02. The number of esters is 1. The van der Waals surface area contributed by atoms with E-state index in [9.17, 15) is 18.0 Å². The first-order valence-corrected chi connectivity index (χ1v) is 12.3. The highest BCUT2D eigenvalue weighted by atomic mass is 79.9. The SMILES string of the molecule is CC(C)CN(C(=O)COC(=O)CSc1ccc(Br)cc1)[C@@H]1CCS(=O)(=O)C1. The van der Waals surface area contributed by atoms with E-state index in [1.807, 2.05) is 38.1 Å². The van der Waals surface area contributed by atoms with E-state index in [0.29, 0.717) is 13.0 Å². The van der Waals surface area contributed by atoms with Crippen LogP contribution in [0.2, 0.25) is 0 Å². The summed E-state index contributed by atoms with van der Waals surface area (Å²) in [6, 6.07) is 7.21. The summed E-state index contributed by atoms with van der Waals surface area (Å²) in [4.78, 5) is 27.0. The quantitative estimate of drug-likeness (QED) is 0.422. The second-order valence-electron chi connectivity index (χ2n) is 6.90. The number of nitrogens with zero attached hydrogens (tertiary/aromatic N) is 1. The lowest BCUT2D eigenvalue weighted by molar-refractivity contribution is -0.151. The van der Waals surface area contributed by atoms with Gasteiger partial charge in [-0.2, -0.15) is 0 Å². The summed E-state index contributed by atoms with van der Waals surface area (Å²) < 4.78 is 29.5. The van der Waals surface area contributed by atoms with Gasteiger partial charge < -0.3 is 9.64 Å². The van der Waals surface area contributed by atoms with Crippen molar-refractivity contribution < 1.29 is 22.7 Å². The summed E-state index contributed by atoms with van der Waals surface area (Å²) in [6.07, 6.45) is 0.439. The third-order valence-electron chi connectivity index (χ3n) is 4.06. The Balaban J connectivity index is 1.85. The molecule has 0 radical (unpaired) electrons. The molecule has 1 heterocycles. The second kappa shape index (κ2) is 9.93. The first-order valence-electron chi connectivity index (χ1n) is 8.70. The maximum Gasteiger partial charge on any atom is 0.316 e. The van der Waals surface area contributed by atoms with Crippen LogP contribution in [-0.2, 0) is 24.2 Å². The van der Waals surface area contributed by atoms with E-state index in [-0.39, 0.29) is 41.7 Å². The van der Waals surface area contributed by atoms with Crippen molar-refractivity contribution in [2.24, 2.45) is 5.92 Å². The highest BCUT2D eigenvalue weighted by Crippen LogP contribution is 2.21. The van der Waals surface area contributed by atoms with Crippen molar-refractivity contribution in [1.29, 1.82) is 0 Å². The summed E-state index contributed by atoms with van der Waals surface area (Å²) in [5, 5.41) is 0. The van der Waals surface area contributed by atoms with Gasteiger partial charge in [-0.1, -0.05) is 29.8 Å². The normalized spacial score (nSPS) is 18.4. The Morgan fingerprint density at radius 1 is 1.30 bits per heavy atom. The number of sulfone groups is 1. The van der Waals surface area contributed by atoms with Crippen LogP contribution in [0.4, 0.5) is 0 Å². The molecule has 0 aliphatic carbocycles. The zero-order valence-corrected chi connectivity index (χ0v) is 18.6. The number of thioether (sulfide) groups is 1. The van der Waals surface area contributed by atoms with Gasteiger partial charge in [-0.3, -0.25) is 9.59 Å². The molecular weight excluding hydrogens is 454 g/mol. The Bertz CT molecular complexity index is 764. The number of benzene rings is 1. The van der Waals surface area contributed by atoms with E-state index in [1.165, 1.54) is 11.8 Å². The molecule has 0 aromatic heterocycles. The van der Waals surface area contributed by atoms with Crippen molar-refractivity contribution in [2.45, 2.75) is 31.2 Å². The van der Waals surface area contributed by atoms with Gasteiger partial charge in [0.15, 0.2) is 16.4 Å². The van der Waals surface area contributed by atoms with Gasteiger partial charge in [0.2, 0.25) is 0 Å². The lowest BCUT2D eigenvalue weighted by atomic mass is 10.1. The van der Waals surface area contributed by atoms with Gasteiger partial charge in [0.05, 0.1) is 17.3 Å². The largest absolute Gasteiger partial charge is 0.455 e. The zero-order valence-electron chi connectivity index (χ0n) is 15.4. The standard InChI is InChI=1S/C18H24BrNO5S2/c1-13(2)9-20(15-7-8-27(23,24)12-15)17(21)10-25-18(22)11-26-16-5-3-14(19)4-6-16/h3-6,13,15H,7-12H2,1-2H3/t15-/m1/s1. The zero-order chi connectivity index (χ0) is 20.0. The van der Waals surface area contributed by atoms with Crippen molar-refractivity contribution in [2.75, 3.05) is 30.4 Å². The number of hydrogen-bond acceptors (Lipinski definition) is 6. The lowest BCUT2D eigenvalue weighted by Crippen LogP contribution is -2.45. The number of carbonyl (C=O) groups excluding carboxylic acids is 2. The molecule has 0 N–H and O–H groups in total. The van der Waals surface area contributed by atoms with E-state index in [1.54, 1.807) is 4.90 Å². The van der Waals surface area contributed by atoms with Gasteiger partial charge in [-0.05, 0) is 36.6 Å². The van der Waals surface area contributed by atoms with Crippen LogP contribution >= 0.6 is 27.7 Å². The molecule has 0 spiro atoms. The molecule has 1 aliphatic heterocycles. The third kappa shape index (κ3) is 7.46. The molecule has 0 saturated carbocycles. The van der Waals surface area contributed by atoms with E-state index in [0.717, 1.165) is 9.37 Å². The molecule has 0 bridgehead atoms. The third-order valence-corrected chi connectivity index (χ3v) is 7.32. The number of rotatable bonds is 8. The Morgan fingerprint density at radius 2 is 1.96 bits per heavy atom. The minimum absolute atomic E-state index is 0.0151.